The predicted octanol–water partition coefficient (Wildman–Crippen LogP) is 4.38. The van der Waals surface area contributed by atoms with Gasteiger partial charge in [-0.1, -0.05) is 60.7 Å². The van der Waals surface area contributed by atoms with Gasteiger partial charge in [0.05, 0.1) is 12.5 Å². The molecule has 2 aromatic carbocycles. The highest BCUT2D eigenvalue weighted by Gasteiger charge is 2.16. The van der Waals surface area contributed by atoms with Crippen molar-refractivity contribution in [1.29, 1.82) is 0 Å². The van der Waals surface area contributed by atoms with Gasteiger partial charge in [0.1, 0.15) is 0 Å². The highest BCUT2D eigenvalue weighted by atomic mass is 32.1. The van der Waals surface area contributed by atoms with Gasteiger partial charge in [-0.25, -0.2) is 0 Å². The fourth-order valence-corrected chi connectivity index (χ4v) is 3.85. The zero-order valence-corrected chi connectivity index (χ0v) is 16.0. The van der Waals surface area contributed by atoms with Crippen LogP contribution >= 0.6 is 11.3 Å². The Labute approximate surface area is 159 Å². The lowest BCUT2D eigenvalue weighted by atomic mass is 10.0. The summed E-state index contributed by atoms with van der Waals surface area (Å²) in [6.45, 7) is 0.619. The zero-order chi connectivity index (χ0) is 18.4. The third-order valence-corrected chi connectivity index (χ3v) is 5.39. The maximum atomic E-state index is 12.3. The summed E-state index contributed by atoms with van der Waals surface area (Å²) in [4.78, 5) is 15.7. The monoisotopic (exact) mass is 364 g/mol. The molecule has 3 rings (SSSR count). The molecule has 1 N–H and O–H groups in total. The standard InChI is InChI=1S/C22H24N2OS/c1-24(2)20(21-9-6-14-26-21)16-23-22(25)15-17-10-12-19(13-11-17)18-7-4-3-5-8-18/h3-14,20H,15-16H2,1-2H3,(H,23,25)/t20-/m1/s1. The third-order valence-electron chi connectivity index (χ3n) is 4.41. The molecule has 4 heteroatoms. The second-order valence-electron chi connectivity index (χ2n) is 6.54. The van der Waals surface area contributed by atoms with Gasteiger partial charge >= 0.3 is 0 Å². The SMILES string of the molecule is CN(C)[C@H](CNC(=O)Cc1ccc(-c2ccccc2)cc1)c1cccs1. The Morgan fingerprint density at radius 1 is 0.962 bits per heavy atom. The second-order valence-corrected chi connectivity index (χ2v) is 7.52. The summed E-state index contributed by atoms with van der Waals surface area (Å²) in [5.74, 6) is 0.0564. The molecule has 0 bridgehead atoms. The maximum Gasteiger partial charge on any atom is 0.224 e. The molecule has 0 aliphatic rings. The normalized spacial score (nSPS) is 12.1. The van der Waals surface area contributed by atoms with Crippen molar-refractivity contribution in [2.24, 2.45) is 0 Å². The lowest BCUT2D eigenvalue weighted by Gasteiger charge is -2.23. The number of hydrogen-bond acceptors (Lipinski definition) is 3. The van der Waals surface area contributed by atoms with E-state index in [4.69, 9.17) is 0 Å². The fraction of sp³-hybridized carbons (Fsp3) is 0.227. The Morgan fingerprint density at radius 2 is 1.65 bits per heavy atom. The summed E-state index contributed by atoms with van der Waals surface area (Å²) in [6, 6.07) is 22.8. The average molecular weight is 365 g/mol. The Morgan fingerprint density at radius 3 is 2.27 bits per heavy atom. The minimum absolute atomic E-state index is 0.0564. The van der Waals surface area contributed by atoms with Crippen LogP contribution < -0.4 is 5.32 Å². The molecule has 134 valence electrons. The molecule has 0 saturated heterocycles. The molecule has 0 unspecified atom stereocenters. The van der Waals surface area contributed by atoms with Crippen molar-refractivity contribution >= 4 is 17.2 Å². The van der Waals surface area contributed by atoms with E-state index in [1.54, 1.807) is 11.3 Å². The van der Waals surface area contributed by atoms with E-state index in [1.807, 2.05) is 50.5 Å². The Bertz CT molecular complexity index is 811. The molecule has 1 aromatic heterocycles. The highest BCUT2D eigenvalue weighted by Crippen LogP contribution is 2.22. The van der Waals surface area contributed by atoms with Crippen LogP contribution in [0.5, 0.6) is 0 Å². The van der Waals surface area contributed by atoms with E-state index in [2.05, 4.69) is 45.9 Å². The topological polar surface area (TPSA) is 32.3 Å². The van der Waals surface area contributed by atoms with E-state index in [0.717, 1.165) is 5.56 Å². The largest absolute Gasteiger partial charge is 0.354 e. The second kappa shape index (κ2) is 8.79. The number of carbonyl (C=O) groups excluding carboxylic acids is 1. The van der Waals surface area contributed by atoms with Crippen molar-refractivity contribution in [3.8, 4) is 11.1 Å². The van der Waals surface area contributed by atoms with E-state index < -0.39 is 0 Å². The van der Waals surface area contributed by atoms with Crippen molar-refractivity contribution in [2.45, 2.75) is 12.5 Å². The smallest absolute Gasteiger partial charge is 0.224 e. The highest BCUT2D eigenvalue weighted by molar-refractivity contribution is 7.10. The minimum Gasteiger partial charge on any atom is -0.354 e. The summed E-state index contributed by atoms with van der Waals surface area (Å²) in [7, 11) is 4.08. The van der Waals surface area contributed by atoms with Gasteiger partial charge in [-0.2, -0.15) is 0 Å². The molecule has 1 heterocycles. The fourth-order valence-electron chi connectivity index (χ4n) is 2.92. The number of benzene rings is 2. The maximum absolute atomic E-state index is 12.3. The van der Waals surface area contributed by atoms with Crippen molar-refractivity contribution in [3.05, 3.63) is 82.6 Å². The summed E-state index contributed by atoms with van der Waals surface area (Å²) in [5, 5.41) is 5.14. The van der Waals surface area contributed by atoms with Crippen LogP contribution in [0.2, 0.25) is 0 Å². The molecule has 0 aliphatic carbocycles. The lowest BCUT2D eigenvalue weighted by molar-refractivity contribution is -0.120. The summed E-state index contributed by atoms with van der Waals surface area (Å²) < 4.78 is 0. The molecule has 26 heavy (non-hydrogen) atoms. The molecule has 0 aliphatic heterocycles. The van der Waals surface area contributed by atoms with Gasteiger partial charge in [-0.15, -0.1) is 11.3 Å². The van der Waals surface area contributed by atoms with E-state index in [9.17, 15) is 4.79 Å². The van der Waals surface area contributed by atoms with Crippen LogP contribution in [0.25, 0.3) is 11.1 Å². The zero-order valence-electron chi connectivity index (χ0n) is 15.2. The van der Waals surface area contributed by atoms with Crippen LogP contribution in [0, 0.1) is 0 Å². The van der Waals surface area contributed by atoms with Gasteiger partial charge in [0.25, 0.3) is 0 Å². The number of thiophene rings is 1. The van der Waals surface area contributed by atoms with E-state index in [1.165, 1.54) is 16.0 Å². The van der Waals surface area contributed by atoms with Crippen molar-refractivity contribution < 1.29 is 4.79 Å². The van der Waals surface area contributed by atoms with Gasteiger partial charge in [0, 0.05) is 11.4 Å². The van der Waals surface area contributed by atoms with Crippen LogP contribution in [0.1, 0.15) is 16.5 Å². The number of nitrogens with one attached hydrogen (secondary N) is 1. The number of amides is 1. The van der Waals surface area contributed by atoms with Crippen molar-refractivity contribution in [1.82, 2.24) is 10.2 Å². The van der Waals surface area contributed by atoms with Gasteiger partial charge in [0.15, 0.2) is 0 Å². The van der Waals surface area contributed by atoms with Crippen LogP contribution in [-0.2, 0) is 11.2 Å². The molecule has 1 amide bonds. The Balaban J connectivity index is 1.56. The first-order chi connectivity index (χ1) is 12.6. The number of hydrogen-bond donors (Lipinski definition) is 1. The summed E-state index contributed by atoms with van der Waals surface area (Å²) in [5.41, 5.74) is 3.38. The molecule has 0 radical (unpaired) electrons. The molecule has 0 fully saturated rings. The first-order valence-electron chi connectivity index (χ1n) is 8.74. The van der Waals surface area contributed by atoms with Gasteiger partial charge < -0.3 is 10.2 Å². The van der Waals surface area contributed by atoms with Crippen LogP contribution in [0.4, 0.5) is 0 Å². The quantitative estimate of drug-likeness (QED) is 0.675. The van der Waals surface area contributed by atoms with E-state index in [0.29, 0.717) is 13.0 Å². The minimum atomic E-state index is 0.0564. The van der Waals surface area contributed by atoms with Crippen LogP contribution in [0.3, 0.4) is 0 Å². The third kappa shape index (κ3) is 4.81. The van der Waals surface area contributed by atoms with Crippen LogP contribution in [0.15, 0.2) is 72.1 Å². The number of rotatable bonds is 7. The molecule has 0 saturated carbocycles. The van der Waals surface area contributed by atoms with E-state index in [-0.39, 0.29) is 11.9 Å². The summed E-state index contributed by atoms with van der Waals surface area (Å²) >= 11 is 1.72. The van der Waals surface area contributed by atoms with Gasteiger partial charge in [-0.05, 0) is 42.2 Å². The van der Waals surface area contributed by atoms with Crippen molar-refractivity contribution in [3.63, 3.8) is 0 Å². The number of nitrogens with zero attached hydrogens (tertiary/aromatic N) is 1. The van der Waals surface area contributed by atoms with Gasteiger partial charge in [-0.3, -0.25) is 4.79 Å². The molecular formula is C22H24N2OS. The molecule has 3 nitrogen and oxygen atoms in total. The molecule has 3 aromatic rings. The first kappa shape index (κ1) is 18.4. The predicted molar refractivity (Wildman–Crippen MR) is 109 cm³/mol. The average Bonchev–Trinajstić information content (AvgIpc) is 3.17. The Hall–Kier alpha value is -2.43. The van der Waals surface area contributed by atoms with Crippen LogP contribution in [-0.4, -0.2) is 31.4 Å². The molecular weight excluding hydrogens is 340 g/mol. The summed E-state index contributed by atoms with van der Waals surface area (Å²) in [6.07, 6.45) is 0.402. The Kier molecular flexibility index (Phi) is 6.21. The number of likely N-dealkylation sites (N-methyl/N-ethyl adjacent to an activating group) is 1. The first-order valence-corrected chi connectivity index (χ1v) is 9.62. The van der Waals surface area contributed by atoms with Gasteiger partial charge in [0.2, 0.25) is 5.91 Å². The van der Waals surface area contributed by atoms with Crippen molar-refractivity contribution in [2.75, 3.05) is 20.6 Å². The lowest BCUT2D eigenvalue weighted by Crippen LogP contribution is -2.34. The van der Waals surface area contributed by atoms with E-state index >= 15 is 0 Å². The number of carbonyl (C=O) groups is 1. The molecule has 1 atom stereocenters. The molecule has 0 spiro atoms.